The number of rotatable bonds is 2. The highest BCUT2D eigenvalue weighted by Gasteiger charge is 2.18. The van der Waals surface area contributed by atoms with E-state index in [-0.39, 0.29) is 5.38 Å². The summed E-state index contributed by atoms with van der Waals surface area (Å²) in [6, 6.07) is 4.16. The molecule has 0 spiro atoms. The van der Waals surface area contributed by atoms with E-state index in [1.165, 1.54) is 10.4 Å². The average Bonchev–Trinajstić information content (AvgIpc) is 2.70. The fourth-order valence-electron chi connectivity index (χ4n) is 1.35. The molecule has 0 radical (unpaired) electrons. The van der Waals surface area contributed by atoms with Crippen LogP contribution in [0.15, 0.2) is 24.2 Å². The molecule has 16 heavy (non-hydrogen) atoms. The first kappa shape index (κ1) is 13.6. The molecule has 6 heteroatoms. The summed E-state index contributed by atoms with van der Waals surface area (Å²) >= 11 is 20.3. The van der Waals surface area contributed by atoms with Crippen molar-refractivity contribution in [2.24, 2.45) is 0 Å². The van der Waals surface area contributed by atoms with Crippen LogP contribution in [-0.2, 0) is 0 Å². The number of hydrogen-bond acceptors (Lipinski definition) is 2. The maximum absolute atomic E-state index is 6.49. The van der Waals surface area contributed by atoms with Crippen LogP contribution in [0.2, 0.25) is 0 Å². The summed E-state index contributed by atoms with van der Waals surface area (Å²) in [4.78, 5) is 2.40. The number of halogens is 4. The van der Waals surface area contributed by atoms with E-state index in [1.807, 2.05) is 0 Å². The van der Waals surface area contributed by atoms with E-state index in [0.717, 1.165) is 16.9 Å². The lowest BCUT2D eigenvalue weighted by atomic mass is 10.1. The largest absolute Gasteiger partial charge is 0.133 e. The summed E-state index contributed by atoms with van der Waals surface area (Å²) in [6.07, 6.45) is 0. The van der Waals surface area contributed by atoms with Crippen molar-refractivity contribution in [1.82, 2.24) is 0 Å². The zero-order valence-electron chi connectivity index (χ0n) is 8.06. The Morgan fingerprint density at radius 3 is 2.31 bits per heavy atom. The summed E-state index contributed by atoms with van der Waals surface area (Å²) in [5, 5.41) is -0.0739. The normalized spacial score (nSPS) is 13.1. The summed E-state index contributed by atoms with van der Waals surface area (Å²) in [5.41, 5.74) is 1.18. The van der Waals surface area contributed by atoms with Gasteiger partial charge in [0.25, 0.3) is 0 Å². The minimum absolute atomic E-state index is 0.0739. The molecule has 2 heterocycles. The third kappa shape index (κ3) is 2.75. The van der Waals surface area contributed by atoms with Gasteiger partial charge in [-0.15, -0.1) is 34.3 Å². The average molecular weight is 465 g/mol. The second-order valence-corrected chi connectivity index (χ2v) is 9.52. The van der Waals surface area contributed by atoms with Gasteiger partial charge in [0.2, 0.25) is 0 Å². The zero-order chi connectivity index (χ0) is 11.9. The first-order valence-electron chi connectivity index (χ1n) is 4.33. The van der Waals surface area contributed by atoms with E-state index in [4.69, 9.17) is 11.6 Å². The Morgan fingerprint density at radius 1 is 1.19 bits per heavy atom. The number of thiophene rings is 2. The smallest absolute Gasteiger partial charge is 0.0939 e. The fourth-order valence-corrected chi connectivity index (χ4v) is 5.67. The molecule has 0 saturated heterocycles. The van der Waals surface area contributed by atoms with Gasteiger partial charge in [-0.3, -0.25) is 0 Å². The Hall–Kier alpha value is 1.13. The molecule has 2 aromatic rings. The molecule has 1 unspecified atom stereocenters. The molecular weight excluding hydrogens is 459 g/mol. The second-order valence-electron chi connectivity index (χ2n) is 3.20. The van der Waals surface area contributed by atoms with Crippen LogP contribution in [0.4, 0.5) is 0 Å². The highest BCUT2D eigenvalue weighted by Crippen LogP contribution is 2.43. The molecule has 86 valence electrons. The van der Waals surface area contributed by atoms with Gasteiger partial charge < -0.3 is 0 Å². The highest BCUT2D eigenvalue weighted by atomic mass is 79.9. The molecule has 0 fully saturated rings. The summed E-state index contributed by atoms with van der Waals surface area (Å²) in [7, 11) is 0. The summed E-state index contributed by atoms with van der Waals surface area (Å²) in [5.74, 6) is 0. The van der Waals surface area contributed by atoms with Crippen LogP contribution in [0.5, 0.6) is 0 Å². The molecular formula is C10H6Br3ClS2. The van der Waals surface area contributed by atoms with Crippen LogP contribution in [-0.4, -0.2) is 0 Å². The quantitative estimate of drug-likeness (QED) is 0.431. The molecule has 0 aromatic carbocycles. The maximum Gasteiger partial charge on any atom is 0.0939 e. The lowest BCUT2D eigenvalue weighted by molar-refractivity contribution is 1.17. The minimum Gasteiger partial charge on any atom is -0.133 e. The van der Waals surface area contributed by atoms with Gasteiger partial charge in [0.05, 0.1) is 12.9 Å². The van der Waals surface area contributed by atoms with E-state index in [9.17, 15) is 0 Å². The lowest BCUT2D eigenvalue weighted by Gasteiger charge is -2.05. The predicted octanol–water partition coefficient (Wildman–Crippen LogP) is 6.73. The fraction of sp³-hybridized carbons (Fsp3) is 0.200. The molecule has 2 rings (SSSR count). The molecule has 0 aliphatic rings. The topological polar surface area (TPSA) is 0 Å². The van der Waals surface area contributed by atoms with E-state index in [0.29, 0.717) is 0 Å². The first-order valence-corrected chi connectivity index (χ1v) is 8.78. The van der Waals surface area contributed by atoms with Crippen molar-refractivity contribution in [3.8, 4) is 0 Å². The number of alkyl halides is 1. The van der Waals surface area contributed by atoms with Crippen molar-refractivity contribution < 1.29 is 0 Å². The van der Waals surface area contributed by atoms with Crippen molar-refractivity contribution in [2.45, 2.75) is 12.3 Å². The molecule has 0 aliphatic heterocycles. The number of aryl methyl sites for hydroxylation is 1. The molecule has 0 N–H and O–H groups in total. The van der Waals surface area contributed by atoms with E-state index in [1.54, 1.807) is 22.7 Å². The molecule has 0 nitrogen and oxygen atoms in total. The highest BCUT2D eigenvalue weighted by molar-refractivity contribution is 9.13. The summed E-state index contributed by atoms with van der Waals surface area (Å²) < 4.78 is 3.27. The van der Waals surface area contributed by atoms with Crippen LogP contribution in [0.25, 0.3) is 0 Å². The van der Waals surface area contributed by atoms with Gasteiger partial charge in [0.1, 0.15) is 0 Å². The van der Waals surface area contributed by atoms with Crippen LogP contribution in [0, 0.1) is 6.92 Å². The molecule has 0 aliphatic carbocycles. The van der Waals surface area contributed by atoms with Gasteiger partial charge in [-0.1, -0.05) is 0 Å². The molecule has 1 atom stereocenters. The SMILES string of the molecule is Cc1sc(Br)cc1C(Cl)c1cc(Br)c(Br)s1. The maximum atomic E-state index is 6.49. The summed E-state index contributed by atoms with van der Waals surface area (Å²) in [6.45, 7) is 2.10. The van der Waals surface area contributed by atoms with Crippen molar-refractivity contribution >= 4 is 82.1 Å². The van der Waals surface area contributed by atoms with Crippen LogP contribution in [0.3, 0.4) is 0 Å². The zero-order valence-corrected chi connectivity index (χ0v) is 15.2. The Bertz CT molecular complexity index is 499. The Labute approximate surface area is 132 Å². The van der Waals surface area contributed by atoms with Gasteiger partial charge >= 0.3 is 0 Å². The van der Waals surface area contributed by atoms with Crippen molar-refractivity contribution in [2.75, 3.05) is 0 Å². The van der Waals surface area contributed by atoms with Crippen molar-refractivity contribution in [3.63, 3.8) is 0 Å². The second kappa shape index (κ2) is 5.41. The van der Waals surface area contributed by atoms with Crippen LogP contribution < -0.4 is 0 Å². The van der Waals surface area contributed by atoms with E-state index in [2.05, 4.69) is 66.8 Å². The lowest BCUT2D eigenvalue weighted by Crippen LogP contribution is -1.89. The third-order valence-corrected chi connectivity index (χ3v) is 7.60. The van der Waals surface area contributed by atoms with Gasteiger partial charge in [-0.25, -0.2) is 0 Å². The standard InChI is InChI=1S/C10H6Br3ClS2/c1-4-5(2-8(12)15-4)9(14)7-3-6(11)10(13)16-7/h2-3,9H,1H3. The molecule has 0 bridgehead atoms. The third-order valence-electron chi connectivity index (χ3n) is 2.11. The van der Waals surface area contributed by atoms with Crippen LogP contribution in [0.1, 0.15) is 20.7 Å². The minimum atomic E-state index is -0.0739. The Morgan fingerprint density at radius 2 is 1.88 bits per heavy atom. The molecule has 0 saturated carbocycles. The predicted molar refractivity (Wildman–Crippen MR) is 84.2 cm³/mol. The van der Waals surface area contributed by atoms with E-state index < -0.39 is 0 Å². The van der Waals surface area contributed by atoms with Gasteiger partial charge in [-0.2, -0.15) is 0 Å². The van der Waals surface area contributed by atoms with Crippen molar-refractivity contribution in [3.05, 3.63) is 39.5 Å². The molecule has 0 amide bonds. The van der Waals surface area contributed by atoms with Gasteiger partial charge in [0, 0.05) is 14.2 Å². The van der Waals surface area contributed by atoms with Gasteiger partial charge in [-0.05, 0) is 72.4 Å². The van der Waals surface area contributed by atoms with Crippen molar-refractivity contribution in [1.29, 1.82) is 0 Å². The monoisotopic (exact) mass is 462 g/mol. The molecule has 2 aromatic heterocycles. The van der Waals surface area contributed by atoms with E-state index >= 15 is 0 Å². The Kier molecular flexibility index (Phi) is 4.58. The first-order chi connectivity index (χ1) is 7.49. The Balaban J connectivity index is 2.38. The van der Waals surface area contributed by atoms with Gasteiger partial charge in [0.15, 0.2) is 0 Å². The van der Waals surface area contributed by atoms with Crippen LogP contribution >= 0.6 is 82.1 Å². The number of hydrogen-bond donors (Lipinski definition) is 0.